The summed E-state index contributed by atoms with van der Waals surface area (Å²) in [7, 11) is 0. The Labute approximate surface area is 125 Å². The van der Waals surface area contributed by atoms with E-state index in [2.05, 4.69) is 15.6 Å². The molecular formula is C16H22N4O. The summed E-state index contributed by atoms with van der Waals surface area (Å²) in [5.74, 6) is 0.0644. The van der Waals surface area contributed by atoms with Crippen LogP contribution in [0.15, 0.2) is 18.7 Å². The van der Waals surface area contributed by atoms with Gasteiger partial charge in [-0.2, -0.15) is 5.26 Å². The van der Waals surface area contributed by atoms with Crippen LogP contribution in [0, 0.1) is 16.7 Å². The summed E-state index contributed by atoms with van der Waals surface area (Å²) in [6.45, 7) is 1.49. The van der Waals surface area contributed by atoms with Crippen LogP contribution < -0.4 is 0 Å². The highest BCUT2D eigenvalue weighted by Gasteiger charge is 2.43. The molecule has 1 aliphatic heterocycles. The van der Waals surface area contributed by atoms with Crippen LogP contribution in [0.4, 0.5) is 0 Å². The van der Waals surface area contributed by atoms with E-state index in [4.69, 9.17) is 0 Å². The van der Waals surface area contributed by atoms with Crippen molar-refractivity contribution >= 4 is 5.91 Å². The molecule has 2 heterocycles. The van der Waals surface area contributed by atoms with Gasteiger partial charge in [-0.3, -0.25) is 4.79 Å². The first-order valence-electron chi connectivity index (χ1n) is 7.93. The van der Waals surface area contributed by atoms with Gasteiger partial charge in [0.05, 0.1) is 18.4 Å². The van der Waals surface area contributed by atoms with Crippen molar-refractivity contribution in [3.8, 4) is 6.07 Å². The fourth-order valence-corrected chi connectivity index (χ4v) is 3.70. The average Bonchev–Trinajstić information content (AvgIpc) is 3.09. The number of hydrogen-bond acceptors (Lipinski definition) is 3. The number of hydrogen-bond donors (Lipinski definition) is 0. The molecule has 1 aromatic rings. The van der Waals surface area contributed by atoms with Crippen molar-refractivity contribution in [2.45, 2.75) is 51.0 Å². The minimum Gasteiger partial charge on any atom is -0.339 e. The Morgan fingerprint density at radius 3 is 2.76 bits per heavy atom. The summed E-state index contributed by atoms with van der Waals surface area (Å²) in [5.41, 5.74) is -0.755. The topological polar surface area (TPSA) is 61.9 Å². The zero-order valence-corrected chi connectivity index (χ0v) is 12.4. The molecule has 1 aliphatic carbocycles. The van der Waals surface area contributed by atoms with Crippen LogP contribution in [-0.4, -0.2) is 33.4 Å². The van der Waals surface area contributed by atoms with Gasteiger partial charge in [-0.15, -0.1) is 0 Å². The van der Waals surface area contributed by atoms with Gasteiger partial charge in [-0.25, -0.2) is 4.98 Å². The highest BCUT2D eigenvalue weighted by molar-refractivity contribution is 5.85. The minimum atomic E-state index is -0.755. The molecule has 1 aromatic heterocycles. The van der Waals surface area contributed by atoms with Crippen molar-refractivity contribution in [3.63, 3.8) is 0 Å². The first kappa shape index (κ1) is 14.1. The third-order valence-electron chi connectivity index (χ3n) is 4.96. The Kier molecular flexibility index (Phi) is 3.96. The second-order valence-corrected chi connectivity index (χ2v) is 6.31. The lowest BCUT2D eigenvalue weighted by Crippen LogP contribution is -2.48. The molecule has 2 fully saturated rings. The second-order valence-electron chi connectivity index (χ2n) is 6.31. The van der Waals surface area contributed by atoms with Crippen LogP contribution in [-0.2, 0) is 4.79 Å². The predicted octanol–water partition coefficient (Wildman–Crippen LogP) is 2.52. The van der Waals surface area contributed by atoms with Crippen molar-refractivity contribution in [2.75, 3.05) is 13.1 Å². The van der Waals surface area contributed by atoms with Crippen molar-refractivity contribution in [2.24, 2.45) is 5.41 Å². The first-order valence-corrected chi connectivity index (χ1v) is 7.93. The summed E-state index contributed by atoms with van der Waals surface area (Å²) in [6.07, 6.45) is 12.2. The lowest BCUT2D eigenvalue weighted by atomic mass is 9.74. The average molecular weight is 286 g/mol. The van der Waals surface area contributed by atoms with Crippen molar-refractivity contribution in [3.05, 3.63) is 18.7 Å². The summed E-state index contributed by atoms with van der Waals surface area (Å²) in [4.78, 5) is 18.9. The maximum atomic E-state index is 12.9. The summed E-state index contributed by atoms with van der Waals surface area (Å²) in [6, 6.07) is 2.65. The van der Waals surface area contributed by atoms with E-state index < -0.39 is 5.41 Å². The number of imidazole rings is 1. The third kappa shape index (κ3) is 2.67. The van der Waals surface area contributed by atoms with Crippen LogP contribution in [0.1, 0.15) is 51.0 Å². The van der Waals surface area contributed by atoms with Gasteiger partial charge in [-0.1, -0.05) is 19.3 Å². The molecule has 0 radical (unpaired) electrons. The van der Waals surface area contributed by atoms with Crippen molar-refractivity contribution < 1.29 is 4.79 Å². The molecule has 21 heavy (non-hydrogen) atoms. The Morgan fingerprint density at radius 2 is 2.10 bits per heavy atom. The molecule has 2 aliphatic rings. The van der Waals surface area contributed by atoms with Gasteiger partial charge in [0, 0.05) is 25.5 Å². The van der Waals surface area contributed by atoms with Gasteiger partial charge in [-0.05, 0) is 25.7 Å². The molecule has 1 amide bonds. The molecule has 0 N–H and O–H groups in total. The van der Waals surface area contributed by atoms with E-state index in [-0.39, 0.29) is 5.91 Å². The molecular weight excluding hydrogens is 264 g/mol. The van der Waals surface area contributed by atoms with Gasteiger partial charge in [0.25, 0.3) is 0 Å². The molecule has 112 valence electrons. The van der Waals surface area contributed by atoms with Crippen LogP contribution >= 0.6 is 0 Å². The van der Waals surface area contributed by atoms with Gasteiger partial charge in [0.2, 0.25) is 5.91 Å². The standard InChI is InChI=1S/C16H22N4O/c17-12-16(6-2-1-3-7-16)15(21)19-9-4-5-14(11-19)20-10-8-18-13-20/h8,10,13-14H,1-7,9,11H2. The van der Waals surface area contributed by atoms with Gasteiger partial charge >= 0.3 is 0 Å². The molecule has 1 unspecified atom stereocenters. The number of nitrogens with zero attached hydrogens (tertiary/aromatic N) is 4. The zero-order valence-electron chi connectivity index (χ0n) is 12.4. The number of rotatable bonds is 2. The highest BCUT2D eigenvalue weighted by Crippen LogP contribution is 2.38. The lowest BCUT2D eigenvalue weighted by Gasteiger charge is -2.39. The molecule has 5 heteroatoms. The van der Waals surface area contributed by atoms with Gasteiger partial charge in [0.15, 0.2) is 0 Å². The van der Waals surface area contributed by atoms with E-state index in [1.807, 2.05) is 17.4 Å². The Balaban J connectivity index is 1.73. The molecule has 3 rings (SSSR count). The Bertz CT molecular complexity index is 525. The quantitative estimate of drug-likeness (QED) is 0.839. The first-order chi connectivity index (χ1) is 10.2. The lowest BCUT2D eigenvalue weighted by molar-refractivity contribution is -0.142. The van der Waals surface area contributed by atoms with Crippen LogP contribution in [0.2, 0.25) is 0 Å². The van der Waals surface area contributed by atoms with Crippen LogP contribution in [0.3, 0.4) is 0 Å². The maximum absolute atomic E-state index is 12.9. The third-order valence-corrected chi connectivity index (χ3v) is 4.96. The van der Waals surface area contributed by atoms with E-state index in [1.54, 1.807) is 6.20 Å². The summed E-state index contributed by atoms with van der Waals surface area (Å²) < 4.78 is 2.08. The minimum absolute atomic E-state index is 0.0644. The molecule has 0 bridgehead atoms. The number of carbonyl (C=O) groups is 1. The van der Waals surface area contributed by atoms with E-state index in [1.165, 1.54) is 0 Å². The van der Waals surface area contributed by atoms with Gasteiger partial charge in [0.1, 0.15) is 5.41 Å². The molecule has 1 saturated heterocycles. The normalized spacial score (nSPS) is 25.3. The van der Waals surface area contributed by atoms with Crippen molar-refractivity contribution in [1.82, 2.24) is 14.5 Å². The van der Waals surface area contributed by atoms with E-state index in [0.29, 0.717) is 12.6 Å². The zero-order chi connectivity index (χ0) is 14.7. The molecule has 1 saturated carbocycles. The number of likely N-dealkylation sites (tertiary alicyclic amines) is 1. The Morgan fingerprint density at radius 1 is 1.29 bits per heavy atom. The molecule has 5 nitrogen and oxygen atoms in total. The predicted molar refractivity (Wildman–Crippen MR) is 78.2 cm³/mol. The van der Waals surface area contributed by atoms with E-state index >= 15 is 0 Å². The summed E-state index contributed by atoms with van der Waals surface area (Å²) in [5, 5.41) is 9.58. The highest BCUT2D eigenvalue weighted by atomic mass is 16.2. The summed E-state index contributed by atoms with van der Waals surface area (Å²) >= 11 is 0. The Hall–Kier alpha value is -1.83. The largest absolute Gasteiger partial charge is 0.339 e. The van der Waals surface area contributed by atoms with E-state index in [0.717, 1.165) is 51.5 Å². The molecule has 0 aromatic carbocycles. The number of piperidine rings is 1. The van der Waals surface area contributed by atoms with Crippen molar-refractivity contribution in [1.29, 1.82) is 5.26 Å². The monoisotopic (exact) mass is 286 g/mol. The number of nitriles is 1. The maximum Gasteiger partial charge on any atom is 0.243 e. The second kappa shape index (κ2) is 5.88. The smallest absolute Gasteiger partial charge is 0.243 e. The molecule has 0 spiro atoms. The fraction of sp³-hybridized carbons (Fsp3) is 0.688. The number of aromatic nitrogens is 2. The number of amides is 1. The fourth-order valence-electron chi connectivity index (χ4n) is 3.70. The van der Waals surface area contributed by atoms with Crippen LogP contribution in [0.5, 0.6) is 0 Å². The molecule has 1 atom stereocenters. The van der Waals surface area contributed by atoms with E-state index in [9.17, 15) is 10.1 Å². The number of carbonyl (C=O) groups excluding carboxylic acids is 1. The van der Waals surface area contributed by atoms with Crippen LogP contribution in [0.25, 0.3) is 0 Å². The SMILES string of the molecule is N#CC1(C(=O)N2CCCC(n3ccnc3)C2)CCCCC1. The van der Waals surface area contributed by atoms with Gasteiger partial charge < -0.3 is 9.47 Å².